The van der Waals surface area contributed by atoms with Crippen molar-refractivity contribution in [2.24, 2.45) is 0 Å². The second kappa shape index (κ2) is 19.3. The Labute approximate surface area is 334 Å². The molecule has 4 aliphatic rings. The Morgan fingerprint density at radius 1 is 0.630 bits per heavy atom. The Hall–Kier alpha value is -3.64. The number of nitrogen functional groups attached to an aromatic ring is 1. The molecule has 4 aliphatic carbocycles. The van der Waals surface area contributed by atoms with Gasteiger partial charge in [0.15, 0.2) is 0 Å². The van der Waals surface area contributed by atoms with Crippen LogP contribution in [0.3, 0.4) is 0 Å². The maximum Gasteiger partial charge on any atom is 0.312 e. The summed E-state index contributed by atoms with van der Waals surface area (Å²) in [5.41, 5.74) is 10.4. The number of methoxy groups -OCH3 is 1. The van der Waals surface area contributed by atoms with Crippen molar-refractivity contribution in [3.8, 4) is 0 Å². The van der Waals surface area contributed by atoms with Gasteiger partial charge in [-0.2, -0.15) is 0 Å². The quantitative estimate of drug-likeness (QED) is 0.0796. The number of ether oxygens (including phenoxy) is 1. The van der Waals surface area contributed by atoms with Crippen LogP contribution in [0, 0.1) is 26.8 Å². The van der Waals surface area contributed by atoms with E-state index in [9.17, 15) is 27.2 Å². The van der Waals surface area contributed by atoms with Crippen molar-refractivity contribution in [1.29, 1.82) is 0 Å². The number of halogens is 6. The zero-order valence-corrected chi connectivity index (χ0v) is 33.6. The summed E-state index contributed by atoms with van der Waals surface area (Å²) in [5, 5.41) is 8.79. The van der Waals surface area contributed by atoms with Gasteiger partial charge in [0.25, 0.3) is 0 Å². The number of anilines is 1. The van der Waals surface area contributed by atoms with Crippen LogP contribution in [0.15, 0.2) is 72.8 Å². The van der Waals surface area contributed by atoms with E-state index >= 15 is 0 Å². The van der Waals surface area contributed by atoms with Crippen LogP contribution in [-0.4, -0.2) is 24.2 Å². The van der Waals surface area contributed by atoms with E-state index in [1.54, 1.807) is 50.2 Å². The van der Waals surface area contributed by atoms with E-state index in [1.165, 1.54) is 25.3 Å². The van der Waals surface area contributed by atoms with Gasteiger partial charge in [0.05, 0.1) is 18.9 Å². The van der Waals surface area contributed by atoms with Crippen LogP contribution in [0.4, 0.5) is 23.2 Å². The van der Waals surface area contributed by atoms with E-state index in [2.05, 4.69) is 27.3 Å². The van der Waals surface area contributed by atoms with E-state index in [-0.39, 0.29) is 41.6 Å². The maximum absolute atomic E-state index is 13.7. The topological polar surface area (TPSA) is 89.6 Å². The highest BCUT2D eigenvalue weighted by Crippen LogP contribution is 2.44. The molecule has 2 unspecified atom stereocenters. The molecule has 0 spiro atoms. The van der Waals surface area contributed by atoms with Crippen LogP contribution in [-0.2, 0) is 14.3 Å². The summed E-state index contributed by atoms with van der Waals surface area (Å²) >= 11 is 2.13. The van der Waals surface area contributed by atoms with Gasteiger partial charge < -0.3 is 15.6 Å². The summed E-state index contributed by atoms with van der Waals surface area (Å²) < 4.78 is 59.1. The molecule has 2 atom stereocenters. The number of benzene rings is 4. The first-order valence-corrected chi connectivity index (χ1v) is 19.2. The predicted octanol–water partition coefficient (Wildman–Crippen LogP) is 11.9. The Kier molecular flexibility index (Phi) is 15.4. The van der Waals surface area contributed by atoms with Gasteiger partial charge in [-0.25, -0.2) is 17.6 Å². The van der Waals surface area contributed by atoms with Gasteiger partial charge in [-0.05, 0) is 181 Å². The highest BCUT2D eigenvalue weighted by molar-refractivity contribution is 14.1. The van der Waals surface area contributed by atoms with Crippen molar-refractivity contribution in [3.63, 3.8) is 0 Å². The zero-order valence-electron chi connectivity index (χ0n) is 30.6. The number of carbonyl (C=O) groups is 2. The third-order valence-corrected chi connectivity index (χ3v) is 10.7. The molecular formula is C43H47ClF4INO4. The second-order valence-corrected chi connectivity index (χ2v) is 15.7. The smallest absolute Gasteiger partial charge is 0.312 e. The van der Waals surface area contributed by atoms with Gasteiger partial charge >= 0.3 is 11.9 Å². The fourth-order valence-corrected chi connectivity index (χ4v) is 6.48. The lowest BCUT2D eigenvalue weighted by Gasteiger charge is -2.10. The van der Waals surface area contributed by atoms with Crippen LogP contribution in [0.25, 0.3) is 0 Å². The van der Waals surface area contributed by atoms with Crippen LogP contribution in [0.2, 0.25) is 0 Å². The molecule has 0 radical (unpaired) electrons. The fourth-order valence-electron chi connectivity index (χ4n) is 6.03. The first kappa shape index (κ1) is 43.1. The summed E-state index contributed by atoms with van der Waals surface area (Å²) in [7, 11) is 1.34. The summed E-state index contributed by atoms with van der Waals surface area (Å²) in [6.07, 6.45) is 8.82. The van der Waals surface area contributed by atoms with E-state index in [0.717, 1.165) is 77.2 Å². The molecule has 4 saturated carbocycles. The largest absolute Gasteiger partial charge is 0.481 e. The number of carboxylic acid groups (broad SMARTS) is 1. The lowest BCUT2D eigenvalue weighted by atomic mass is 9.98. The molecule has 4 aromatic rings. The lowest BCUT2D eigenvalue weighted by Crippen LogP contribution is -2.11. The minimum atomic E-state index is -0.923. The summed E-state index contributed by atoms with van der Waals surface area (Å²) in [6, 6.07) is 20.3. The monoisotopic (exact) mass is 879 g/mol. The molecule has 0 bridgehead atoms. The van der Waals surface area contributed by atoms with Gasteiger partial charge in [-0.1, -0.05) is 36.4 Å². The highest BCUT2D eigenvalue weighted by atomic mass is 127. The van der Waals surface area contributed by atoms with Crippen molar-refractivity contribution < 1.29 is 37.0 Å². The molecule has 54 heavy (non-hydrogen) atoms. The van der Waals surface area contributed by atoms with Gasteiger partial charge in [0, 0.05) is 9.26 Å². The number of rotatable bonds is 8. The molecule has 11 heteroatoms. The number of hydrogen-bond donors (Lipinski definition) is 2. The Bertz CT molecular complexity index is 1870. The number of esters is 1. The molecule has 290 valence electrons. The SMILES string of the molecule is CC(C(=O)O)c1ccc(C2CC2)c(F)c1.COC(=O)C(C)c1ccc(C2CC2)c(F)c1.Cl.Fc1cc(I)ccc1C1CC1.Nc1ccc(C2CC2)c(F)c1. The third kappa shape index (κ3) is 12.2. The molecule has 0 saturated heterocycles. The summed E-state index contributed by atoms with van der Waals surface area (Å²) in [5.74, 6) is -1.21. The molecule has 4 aromatic carbocycles. The Balaban J connectivity index is 0.000000161. The number of carbonyl (C=O) groups excluding carboxylic acids is 1. The van der Waals surface area contributed by atoms with Crippen LogP contribution < -0.4 is 5.73 Å². The van der Waals surface area contributed by atoms with Gasteiger partial charge in [-0.15, -0.1) is 12.4 Å². The molecular weight excluding hydrogens is 833 g/mol. The van der Waals surface area contributed by atoms with E-state index in [4.69, 9.17) is 10.8 Å². The molecule has 0 amide bonds. The second-order valence-electron chi connectivity index (χ2n) is 14.4. The van der Waals surface area contributed by atoms with Crippen molar-refractivity contribution in [3.05, 3.63) is 133 Å². The zero-order chi connectivity index (χ0) is 38.4. The first-order valence-electron chi connectivity index (χ1n) is 18.2. The van der Waals surface area contributed by atoms with Gasteiger partial charge in [0.1, 0.15) is 23.3 Å². The van der Waals surface area contributed by atoms with Crippen molar-refractivity contribution in [2.75, 3.05) is 12.8 Å². The van der Waals surface area contributed by atoms with Crippen LogP contribution >= 0.6 is 35.0 Å². The normalized spacial score (nSPS) is 16.7. The summed E-state index contributed by atoms with van der Waals surface area (Å²) in [4.78, 5) is 22.0. The highest BCUT2D eigenvalue weighted by Gasteiger charge is 2.29. The minimum Gasteiger partial charge on any atom is -0.481 e. The Morgan fingerprint density at radius 2 is 0.981 bits per heavy atom. The predicted molar refractivity (Wildman–Crippen MR) is 214 cm³/mol. The number of hydrogen-bond acceptors (Lipinski definition) is 4. The fraction of sp³-hybridized carbons (Fsp3) is 0.395. The molecule has 5 nitrogen and oxygen atoms in total. The Morgan fingerprint density at radius 3 is 1.31 bits per heavy atom. The van der Waals surface area contributed by atoms with E-state index < -0.39 is 17.8 Å². The average Bonchev–Trinajstić information content (AvgIpc) is 3.94. The molecule has 8 rings (SSSR count). The molecule has 3 N–H and O–H groups in total. The third-order valence-electron chi connectivity index (χ3n) is 10.0. The van der Waals surface area contributed by atoms with E-state index in [1.807, 2.05) is 18.2 Å². The molecule has 4 fully saturated rings. The first-order chi connectivity index (χ1) is 25.3. The molecule has 0 heterocycles. The average molecular weight is 880 g/mol. The number of nitrogens with two attached hydrogens (primary N) is 1. The number of aliphatic carboxylic acids is 1. The van der Waals surface area contributed by atoms with Gasteiger partial charge in [-0.3, -0.25) is 9.59 Å². The lowest BCUT2D eigenvalue weighted by molar-refractivity contribution is -0.142. The van der Waals surface area contributed by atoms with Crippen molar-refractivity contribution in [2.45, 2.75) is 101 Å². The standard InChI is InChI=1S/C13H15FO2.C12H13FO2.C9H8FI.C9H10FN.ClH/c1-8(13(15)16-2)10-5-6-11(9-3-4-9)12(14)7-10;1-7(12(14)15)9-4-5-10(8-2-3-8)11(13)6-9;2*10-9-5-7(11)3-4-8(9)6-1-2-6;/h5-9H,3-4H2,1-2H3;4-8H,2-3H2,1H3,(H,14,15);3-6H,1-2H2;3-6H,1-2,11H2;1H. The molecule has 0 aromatic heterocycles. The van der Waals surface area contributed by atoms with Crippen LogP contribution in [0.1, 0.15) is 134 Å². The van der Waals surface area contributed by atoms with Gasteiger partial charge in [0.2, 0.25) is 0 Å². The van der Waals surface area contributed by atoms with Crippen LogP contribution in [0.5, 0.6) is 0 Å². The maximum atomic E-state index is 13.7. The molecule has 0 aliphatic heterocycles. The minimum absolute atomic E-state index is 0. The van der Waals surface area contributed by atoms with E-state index in [0.29, 0.717) is 40.5 Å². The number of carboxylic acids is 1. The summed E-state index contributed by atoms with van der Waals surface area (Å²) in [6.45, 7) is 3.28. The van der Waals surface area contributed by atoms with Crippen molar-refractivity contribution >= 4 is 52.6 Å². The van der Waals surface area contributed by atoms with Crippen molar-refractivity contribution in [1.82, 2.24) is 0 Å².